The quantitative estimate of drug-likeness (QED) is 0.428. The van der Waals surface area contributed by atoms with Crippen LogP contribution in [0.15, 0.2) is 66.0 Å². The molecular formula is C24H26N2O3. The van der Waals surface area contributed by atoms with Gasteiger partial charge >= 0.3 is 5.97 Å². The lowest BCUT2D eigenvalue weighted by molar-refractivity contribution is -0.139. The minimum absolute atomic E-state index is 0.0285. The van der Waals surface area contributed by atoms with Crippen molar-refractivity contribution in [2.24, 2.45) is 0 Å². The minimum Gasteiger partial charge on any atom is -0.461 e. The first-order chi connectivity index (χ1) is 13.9. The second kappa shape index (κ2) is 10.3. The lowest BCUT2D eigenvalue weighted by atomic mass is 9.97. The van der Waals surface area contributed by atoms with Crippen LogP contribution >= 0.6 is 0 Å². The fourth-order valence-electron chi connectivity index (χ4n) is 3.12. The van der Waals surface area contributed by atoms with Gasteiger partial charge in [-0.2, -0.15) is 5.26 Å². The van der Waals surface area contributed by atoms with Crippen LogP contribution in [0.2, 0.25) is 0 Å². The van der Waals surface area contributed by atoms with E-state index in [1.54, 1.807) is 32.0 Å². The number of aliphatic hydroxyl groups excluding tert-OH is 1. The molecule has 1 N–H and O–H groups in total. The number of ether oxygens (including phenoxy) is 1. The summed E-state index contributed by atoms with van der Waals surface area (Å²) in [7, 11) is 1.72. The fraction of sp³-hybridized carbons (Fsp3) is 0.250. The largest absolute Gasteiger partial charge is 0.461 e. The van der Waals surface area contributed by atoms with E-state index in [4.69, 9.17) is 10.00 Å². The first-order valence-electron chi connectivity index (χ1n) is 9.41. The SMILES string of the molecule is CCOC(=O)/C(=C(/C)c1ccc(-c2ccccc2CO)cc1)N(C)/C=C(\C)C#N. The standard InChI is InChI=1S/C24H26N2O3/c1-5-29-24(28)23(26(4)15-17(2)14-25)18(3)19-10-12-20(13-11-19)22-9-7-6-8-21(22)16-27/h6-13,15,27H,5,16H2,1-4H3/b17-15+,23-18+. The van der Waals surface area contributed by atoms with Crippen molar-refractivity contribution in [1.29, 1.82) is 5.26 Å². The van der Waals surface area contributed by atoms with Gasteiger partial charge in [0.2, 0.25) is 0 Å². The van der Waals surface area contributed by atoms with Crippen molar-refractivity contribution >= 4 is 11.5 Å². The molecule has 0 fully saturated rings. The highest BCUT2D eigenvalue weighted by molar-refractivity contribution is 5.97. The van der Waals surface area contributed by atoms with Gasteiger partial charge in [-0.3, -0.25) is 0 Å². The molecule has 5 heteroatoms. The van der Waals surface area contributed by atoms with Gasteiger partial charge in [0.15, 0.2) is 0 Å². The molecule has 0 aromatic heterocycles. The summed E-state index contributed by atoms with van der Waals surface area (Å²) in [5.41, 5.74) is 5.29. The molecular weight excluding hydrogens is 364 g/mol. The maximum absolute atomic E-state index is 12.6. The van der Waals surface area contributed by atoms with E-state index in [0.29, 0.717) is 11.3 Å². The van der Waals surface area contributed by atoms with E-state index < -0.39 is 5.97 Å². The number of carbonyl (C=O) groups is 1. The molecule has 2 rings (SSSR count). The molecule has 0 heterocycles. The Morgan fingerprint density at radius 1 is 1.17 bits per heavy atom. The Balaban J connectivity index is 2.49. The summed E-state index contributed by atoms with van der Waals surface area (Å²) in [6.07, 6.45) is 1.61. The summed E-state index contributed by atoms with van der Waals surface area (Å²) in [5.74, 6) is -0.441. The van der Waals surface area contributed by atoms with E-state index in [2.05, 4.69) is 6.07 Å². The first kappa shape index (κ1) is 21.9. The van der Waals surface area contributed by atoms with Gasteiger partial charge < -0.3 is 14.7 Å². The zero-order valence-electron chi connectivity index (χ0n) is 17.3. The molecule has 5 nitrogen and oxygen atoms in total. The molecule has 0 saturated carbocycles. The van der Waals surface area contributed by atoms with Crippen LogP contribution in [0.25, 0.3) is 16.7 Å². The maximum atomic E-state index is 12.6. The van der Waals surface area contributed by atoms with Crippen LogP contribution in [0.4, 0.5) is 0 Å². The van der Waals surface area contributed by atoms with Crippen LogP contribution < -0.4 is 0 Å². The van der Waals surface area contributed by atoms with Crippen molar-refractivity contribution < 1.29 is 14.6 Å². The highest BCUT2D eigenvalue weighted by atomic mass is 16.5. The van der Waals surface area contributed by atoms with E-state index in [1.165, 1.54) is 0 Å². The van der Waals surface area contributed by atoms with E-state index in [9.17, 15) is 9.90 Å². The average Bonchev–Trinajstić information content (AvgIpc) is 2.74. The third-order valence-corrected chi connectivity index (χ3v) is 4.56. The van der Waals surface area contributed by atoms with Gasteiger partial charge in [0.05, 0.1) is 19.3 Å². The summed E-state index contributed by atoms with van der Waals surface area (Å²) in [4.78, 5) is 14.2. The fourth-order valence-corrected chi connectivity index (χ4v) is 3.12. The van der Waals surface area contributed by atoms with Crippen molar-refractivity contribution in [3.05, 3.63) is 77.1 Å². The summed E-state index contributed by atoms with van der Waals surface area (Å²) in [6, 6.07) is 17.6. The number of nitrogens with zero attached hydrogens (tertiary/aromatic N) is 2. The summed E-state index contributed by atoms with van der Waals surface area (Å²) in [5, 5.41) is 18.6. The summed E-state index contributed by atoms with van der Waals surface area (Å²) >= 11 is 0. The molecule has 0 atom stereocenters. The first-order valence-corrected chi connectivity index (χ1v) is 9.41. The Hall–Kier alpha value is -3.36. The molecule has 2 aromatic carbocycles. The highest BCUT2D eigenvalue weighted by Crippen LogP contribution is 2.28. The molecule has 29 heavy (non-hydrogen) atoms. The third-order valence-electron chi connectivity index (χ3n) is 4.56. The Morgan fingerprint density at radius 2 is 1.83 bits per heavy atom. The molecule has 0 radical (unpaired) electrons. The van der Waals surface area contributed by atoms with E-state index in [-0.39, 0.29) is 13.2 Å². The third kappa shape index (κ3) is 5.34. The smallest absolute Gasteiger partial charge is 0.355 e. The van der Waals surface area contributed by atoms with Crippen molar-refractivity contribution in [2.45, 2.75) is 27.4 Å². The Morgan fingerprint density at radius 3 is 2.41 bits per heavy atom. The molecule has 0 spiro atoms. The second-order valence-electron chi connectivity index (χ2n) is 6.62. The molecule has 0 aliphatic carbocycles. The predicted octanol–water partition coefficient (Wildman–Crippen LogP) is 4.50. The van der Waals surface area contributed by atoms with Crippen molar-refractivity contribution in [3.8, 4) is 17.2 Å². The molecule has 0 aliphatic rings. The number of nitriles is 1. The van der Waals surface area contributed by atoms with Crippen molar-refractivity contribution in [2.75, 3.05) is 13.7 Å². The number of esters is 1. The van der Waals surface area contributed by atoms with Gasteiger partial charge in [-0.25, -0.2) is 4.79 Å². The van der Waals surface area contributed by atoms with Gasteiger partial charge in [-0.05, 0) is 48.6 Å². The summed E-state index contributed by atoms with van der Waals surface area (Å²) < 4.78 is 5.23. The second-order valence-corrected chi connectivity index (χ2v) is 6.62. The van der Waals surface area contributed by atoms with E-state index in [0.717, 1.165) is 27.8 Å². The van der Waals surface area contributed by atoms with Crippen LogP contribution in [0.3, 0.4) is 0 Å². The van der Waals surface area contributed by atoms with Gasteiger partial charge in [0.25, 0.3) is 0 Å². The lowest BCUT2D eigenvalue weighted by Gasteiger charge is -2.20. The van der Waals surface area contributed by atoms with Crippen LogP contribution in [0.5, 0.6) is 0 Å². The van der Waals surface area contributed by atoms with Gasteiger partial charge in [-0.15, -0.1) is 0 Å². The number of rotatable bonds is 7. The number of allylic oxidation sites excluding steroid dienone is 2. The number of benzene rings is 2. The monoisotopic (exact) mass is 390 g/mol. The molecule has 150 valence electrons. The number of carbonyl (C=O) groups excluding carboxylic acids is 1. The number of hydrogen-bond acceptors (Lipinski definition) is 5. The van der Waals surface area contributed by atoms with E-state index >= 15 is 0 Å². The predicted molar refractivity (Wildman–Crippen MR) is 114 cm³/mol. The summed E-state index contributed by atoms with van der Waals surface area (Å²) in [6.45, 7) is 5.53. The van der Waals surface area contributed by atoms with Crippen LogP contribution in [0.1, 0.15) is 31.9 Å². The van der Waals surface area contributed by atoms with Gasteiger partial charge in [0, 0.05) is 18.8 Å². The molecule has 0 saturated heterocycles. The maximum Gasteiger partial charge on any atom is 0.355 e. The highest BCUT2D eigenvalue weighted by Gasteiger charge is 2.19. The normalized spacial score (nSPS) is 12.1. The van der Waals surface area contributed by atoms with Crippen LogP contribution in [-0.2, 0) is 16.1 Å². The van der Waals surface area contributed by atoms with Crippen molar-refractivity contribution in [3.63, 3.8) is 0 Å². The van der Waals surface area contributed by atoms with E-state index in [1.807, 2.05) is 55.5 Å². The lowest BCUT2D eigenvalue weighted by Crippen LogP contribution is -2.22. The topological polar surface area (TPSA) is 73.6 Å². The molecule has 0 amide bonds. The minimum atomic E-state index is -0.441. The zero-order valence-corrected chi connectivity index (χ0v) is 17.3. The van der Waals surface area contributed by atoms with Crippen molar-refractivity contribution in [1.82, 2.24) is 4.90 Å². The molecule has 0 unspecified atom stereocenters. The number of likely N-dealkylation sites (N-methyl/N-ethyl adjacent to an activating group) is 1. The Labute approximate surface area is 172 Å². The van der Waals surface area contributed by atoms with Gasteiger partial charge in [-0.1, -0.05) is 48.5 Å². The van der Waals surface area contributed by atoms with Crippen LogP contribution in [0, 0.1) is 11.3 Å². The zero-order chi connectivity index (χ0) is 21.4. The number of aliphatic hydroxyl groups is 1. The number of hydrogen-bond donors (Lipinski definition) is 1. The van der Waals surface area contributed by atoms with Gasteiger partial charge in [0.1, 0.15) is 5.70 Å². The average molecular weight is 390 g/mol. The molecule has 0 aliphatic heterocycles. The van der Waals surface area contributed by atoms with Crippen LogP contribution in [-0.4, -0.2) is 29.6 Å². The Bertz CT molecular complexity index is 966. The molecule has 0 bridgehead atoms. The molecule has 2 aromatic rings. The Kier molecular flexibility index (Phi) is 7.76.